The van der Waals surface area contributed by atoms with Crippen molar-refractivity contribution in [3.63, 3.8) is 0 Å². The van der Waals surface area contributed by atoms with Crippen LogP contribution in [0.5, 0.6) is 0 Å². The molecular weight excluding hydrogens is 267 g/mol. The second-order valence-electron chi connectivity index (χ2n) is 4.53. The molecule has 3 heterocycles. The summed E-state index contributed by atoms with van der Waals surface area (Å²) in [5.74, 6) is 0.556. The molecule has 0 amide bonds. The third kappa shape index (κ3) is 1.83. The Bertz CT molecular complexity index is 618. The molecule has 0 saturated carbocycles. The average Bonchev–Trinajstić information content (AvgIpc) is 3.01. The Kier molecular flexibility index (Phi) is 3.26. The van der Waals surface area contributed by atoms with Gasteiger partial charge in [-0.2, -0.15) is 0 Å². The van der Waals surface area contributed by atoms with Gasteiger partial charge in [-0.3, -0.25) is 4.57 Å². The molecule has 2 aromatic rings. The summed E-state index contributed by atoms with van der Waals surface area (Å²) >= 11 is 0. The van der Waals surface area contributed by atoms with Gasteiger partial charge in [-0.15, -0.1) is 0 Å². The maximum absolute atomic E-state index is 10.0. The first kappa shape index (κ1) is 13.2. The zero-order valence-corrected chi connectivity index (χ0v) is 10.7. The van der Waals surface area contributed by atoms with Gasteiger partial charge in [-0.1, -0.05) is 0 Å². The van der Waals surface area contributed by atoms with E-state index < -0.39 is 24.5 Å². The molecule has 1 aliphatic heterocycles. The van der Waals surface area contributed by atoms with Gasteiger partial charge >= 0.3 is 0 Å². The van der Waals surface area contributed by atoms with Crippen molar-refractivity contribution in [3.05, 3.63) is 12.7 Å². The van der Waals surface area contributed by atoms with Crippen molar-refractivity contribution in [2.45, 2.75) is 24.5 Å². The van der Waals surface area contributed by atoms with Crippen molar-refractivity contribution in [1.82, 2.24) is 19.5 Å². The fraction of sp³-hybridized carbons (Fsp3) is 0.545. The highest BCUT2D eigenvalue weighted by Crippen LogP contribution is 2.31. The van der Waals surface area contributed by atoms with Gasteiger partial charge in [-0.05, 0) is 0 Å². The van der Waals surface area contributed by atoms with Crippen LogP contribution in [0.4, 0.5) is 5.82 Å². The number of nitrogens with zero attached hydrogens (tertiary/aromatic N) is 4. The molecule has 9 nitrogen and oxygen atoms in total. The number of nitrogens with one attached hydrogen (secondary N) is 1. The van der Waals surface area contributed by atoms with Crippen LogP contribution in [0.15, 0.2) is 12.7 Å². The quantitative estimate of drug-likeness (QED) is 0.535. The zero-order valence-electron chi connectivity index (χ0n) is 10.7. The number of aliphatic hydroxyl groups excluding tert-OH is 3. The van der Waals surface area contributed by atoms with Crippen LogP contribution in [0.1, 0.15) is 6.23 Å². The summed E-state index contributed by atoms with van der Waals surface area (Å²) in [5.41, 5.74) is 1.01. The largest absolute Gasteiger partial charge is 0.394 e. The van der Waals surface area contributed by atoms with E-state index in [0.29, 0.717) is 17.0 Å². The second-order valence-corrected chi connectivity index (χ2v) is 4.53. The van der Waals surface area contributed by atoms with Crippen molar-refractivity contribution >= 4 is 17.0 Å². The van der Waals surface area contributed by atoms with E-state index in [2.05, 4.69) is 20.3 Å². The smallest absolute Gasteiger partial charge is 0.167 e. The monoisotopic (exact) mass is 282 g/mol. The topological polar surface area (TPSA) is 126 Å². The highest BCUT2D eigenvalue weighted by molar-refractivity contribution is 5.82. The fourth-order valence-electron chi connectivity index (χ4n) is 2.33. The lowest BCUT2D eigenvalue weighted by Gasteiger charge is -2.16. The third-order valence-corrected chi connectivity index (χ3v) is 3.39. The Hall–Kier alpha value is -1.81. The highest BCUT2D eigenvalue weighted by atomic mass is 16.6. The first-order chi connectivity index (χ1) is 9.67. The van der Waals surface area contributed by atoms with Gasteiger partial charge in [0.1, 0.15) is 30.2 Å². The van der Waals surface area contributed by atoms with E-state index in [4.69, 9.17) is 9.84 Å². The highest BCUT2D eigenvalue weighted by Gasteiger charge is 2.43. The molecule has 3 rings (SSSR count). The maximum Gasteiger partial charge on any atom is 0.167 e. The maximum atomic E-state index is 10.0. The molecule has 4 N–H and O–H groups in total. The second kappa shape index (κ2) is 4.94. The minimum Gasteiger partial charge on any atom is -0.394 e. The van der Waals surface area contributed by atoms with E-state index in [-0.39, 0.29) is 6.61 Å². The van der Waals surface area contributed by atoms with E-state index in [1.165, 1.54) is 17.2 Å². The summed E-state index contributed by atoms with van der Waals surface area (Å²) in [6.45, 7) is -0.377. The Morgan fingerprint density at radius 2 is 2.10 bits per heavy atom. The van der Waals surface area contributed by atoms with E-state index in [1.54, 1.807) is 7.05 Å². The summed E-state index contributed by atoms with van der Waals surface area (Å²) in [6.07, 6.45) is -1.19. The van der Waals surface area contributed by atoms with Gasteiger partial charge < -0.3 is 25.4 Å². The van der Waals surface area contributed by atoms with Crippen molar-refractivity contribution in [2.24, 2.45) is 0 Å². The zero-order chi connectivity index (χ0) is 14.3. The fourth-order valence-corrected chi connectivity index (χ4v) is 2.33. The normalized spacial score (nSPS) is 30.0. The molecule has 1 aliphatic rings. The van der Waals surface area contributed by atoms with Gasteiger partial charge in [-0.25, -0.2) is 15.0 Å². The van der Waals surface area contributed by atoms with Crippen LogP contribution in [0.2, 0.25) is 0 Å². The molecule has 1 fully saturated rings. The van der Waals surface area contributed by atoms with E-state index in [1.807, 2.05) is 0 Å². The SMILES string of the molecule is CNc1n[13cH]nc2c1ncn2[C@@H]1O[C@H](CO)[C@@H](O)[C@H]1O. The number of ether oxygens (including phenoxy) is 1. The van der Waals surface area contributed by atoms with Crippen LogP contribution >= 0.6 is 0 Å². The average molecular weight is 282 g/mol. The van der Waals surface area contributed by atoms with Crippen LogP contribution < -0.4 is 5.32 Å². The standard InChI is InChI=1S/C11H15N5O4/c1-12-9-6-10(14-3-13-9)16(4-15-6)11-8(19)7(18)5(2-17)20-11/h3-5,7-8,11,17-19H,2H2,1H3,(H,12,13,14)/t5-,7-,8-,11-/m1/s1/i3+1. The molecule has 0 unspecified atom stereocenters. The van der Waals surface area contributed by atoms with Crippen molar-refractivity contribution < 1.29 is 20.1 Å². The molecule has 20 heavy (non-hydrogen) atoms. The summed E-state index contributed by atoms with van der Waals surface area (Å²) in [6, 6.07) is 0. The molecule has 0 bridgehead atoms. The summed E-state index contributed by atoms with van der Waals surface area (Å²) < 4.78 is 6.97. The molecule has 2 aromatic heterocycles. The van der Waals surface area contributed by atoms with E-state index in [9.17, 15) is 10.2 Å². The van der Waals surface area contributed by atoms with Gasteiger partial charge in [0.2, 0.25) is 0 Å². The lowest BCUT2D eigenvalue weighted by molar-refractivity contribution is -0.0511. The molecular formula is C11H15N5O4. The third-order valence-electron chi connectivity index (χ3n) is 3.39. The van der Waals surface area contributed by atoms with Crippen molar-refractivity contribution in [2.75, 3.05) is 19.0 Å². The Balaban J connectivity index is 2.03. The van der Waals surface area contributed by atoms with Crippen LogP contribution in [0.25, 0.3) is 11.2 Å². The minimum absolute atomic E-state index is 0.377. The predicted molar refractivity (Wildman–Crippen MR) is 67.9 cm³/mol. The van der Waals surface area contributed by atoms with Gasteiger partial charge in [0.05, 0.1) is 12.9 Å². The van der Waals surface area contributed by atoms with Crippen molar-refractivity contribution in [1.29, 1.82) is 0 Å². The van der Waals surface area contributed by atoms with Gasteiger partial charge in [0.15, 0.2) is 17.7 Å². The van der Waals surface area contributed by atoms with Crippen LogP contribution in [0.3, 0.4) is 0 Å². The predicted octanol–water partition coefficient (Wildman–Crippen LogP) is -1.52. The molecule has 0 aromatic carbocycles. The van der Waals surface area contributed by atoms with Crippen LogP contribution in [-0.4, -0.2) is 66.8 Å². The molecule has 9 heteroatoms. The number of rotatable bonds is 3. The number of anilines is 1. The molecule has 4 atom stereocenters. The van der Waals surface area contributed by atoms with Gasteiger partial charge in [0.25, 0.3) is 0 Å². The number of imidazole rings is 1. The minimum atomic E-state index is -1.17. The summed E-state index contributed by atoms with van der Waals surface area (Å²) in [7, 11) is 1.72. The molecule has 0 radical (unpaired) electrons. The lowest BCUT2D eigenvalue weighted by Crippen LogP contribution is -2.33. The number of fused-ring (bicyclic) bond motifs is 1. The molecule has 1 saturated heterocycles. The van der Waals surface area contributed by atoms with Crippen molar-refractivity contribution in [3.8, 4) is 0 Å². The lowest BCUT2D eigenvalue weighted by atomic mass is 10.1. The number of aromatic nitrogens is 4. The molecule has 0 spiro atoms. The number of hydrogen-bond acceptors (Lipinski definition) is 8. The van der Waals surface area contributed by atoms with E-state index >= 15 is 0 Å². The Morgan fingerprint density at radius 3 is 2.75 bits per heavy atom. The van der Waals surface area contributed by atoms with Crippen LogP contribution in [-0.2, 0) is 4.74 Å². The molecule has 108 valence electrons. The molecule has 0 aliphatic carbocycles. The number of aliphatic hydroxyl groups is 3. The van der Waals surface area contributed by atoms with E-state index in [0.717, 1.165) is 0 Å². The summed E-state index contributed by atoms with van der Waals surface area (Å²) in [4.78, 5) is 12.3. The first-order valence-electron chi connectivity index (χ1n) is 6.15. The van der Waals surface area contributed by atoms with Gasteiger partial charge in [0, 0.05) is 7.05 Å². The Morgan fingerprint density at radius 1 is 1.30 bits per heavy atom. The Labute approximate surface area is 113 Å². The van der Waals surface area contributed by atoms with Crippen LogP contribution in [0, 0.1) is 0 Å². The summed E-state index contributed by atoms with van der Waals surface area (Å²) in [5, 5.41) is 31.8. The first-order valence-corrected chi connectivity index (χ1v) is 6.15. The number of hydrogen-bond donors (Lipinski definition) is 4.